The number of unbranched alkanes of at least 4 members (excludes halogenated alkanes) is 12. The summed E-state index contributed by atoms with van der Waals surface area (Å²) in [5.74, 6) is 0.0216. The quantitative estimate of drug-likeness (QED) is 0.111. The second-order valence-electron chi connectivity index (χ2n) is 6.23. The van der Waals surface area contributed by atoms with Gasteiger partial charge in [-0.1, -0.05) is 89.1 Å². The molecule has 0 heterocycles. The highest BCUT2D eigenvalue weighted by molar-refractivity contribution is 5.06. The van der Waals surface area contributed by atoms with E-state index in [-0.39, 0.29) is 11.5 Å². The van der Waals surface area contributed by atoms with Gasteiger partial charge in [-0.3, -0.25) is 0 Å². The summed E-state index contributed by atoms with van der Waals surface area (Å²) < 4.78 is 0. The van der Waals surface area contributed by atoms with Crippen LogP contribution in [0.3, 0.4) is 0 Å². The highest BCUT2D eigenvalue weighted by Crippen LogP contribution is 2.15. The Labute approximate surface area is 141 Å². The van der Waals surface area contributed by atoms with Gasteiger partial charge < -0.3 is 10.2 Å². The Morgan fingerprint density at radius 1 is 0.826 bits per heavy atom. The highest BCUT2D eigenvalue weighted by atomic mass is 16.3. The van der Waals surface area contributed by atoms with Gasteiger partial charge in [-0.2, -0.15) is 0 Å². The van der Waals surface area contributed by atoms with Gasteiger partial charge in [0, 0.05) is 11.3 Å². The van der Waals surface area contributed by atoms with E-state index in [2.05, 4.69) is 16.9 Å². The third kappa shape index (κ3) is 14.2. The molecule has 0 aromatic carbocycles. The van der Waals surface area contributed by atoms with Crippen LogP contribution >= 0.6 is 0 Å². The third-order valence-corrected chi connectivity index (χ3v) is 4.17. The molecule has 0 rings (SSSR count). The Kier molecular flexibility index (Phi) is 16.3. The van der Waals surface area contributed by atoms with Crippen molar-refractivity contribution in [2.24, 2.45) is 5.11 Å². The van der Waals surface area contributed by atoms with Crippen molar-refractivity contribution in [3.8, 4) is 0 Å². The van der Waals surface area contributed by atoms with E-state index >= 15 is 0 Å². The smallest absolute Gasteiger partial charge is 0.100 e. The number of aliphatic hydroxyl groups excluding tert-OH is 2. The molecule has 0 atom stereocenters. The van der Waals surface area contributed by atoms with Crippen molar-refractivity contribution in [2.45, 2.75) is 96.8 Å². The molecule has 2 N–H and O–H groups in total. The average Bonchev–Trinajstić information content (AvgIpc) is 2.56. The Hall–Kier alpha value is -1.19. The molecule has 23 heavy (non-hydrogen) atoms. The molecule has 0 amide bonds. The maximum absolute atomic E-state index is 9.67. The average molecular weight is 325 g/mol. The standard InChI is InChI=1S/C18H35N3O2/c1-2-3-4-5-6-7-8-9-10-11-12-13-14-15-18(23)17(16-22)20-21-19/h22-23H,2-16H2,1H3/b18-17+. The number of azide groups is 1. The van der Waals surface area contributed by atoms with Gasteiger partial charge in [-0.25, -0.2) is 0 Å². The SMILES string of the molecule is CCCCCCCCCCCCCCC/C(O)=C(/CO)N=[N+]=[N-]. The van der Waals surface area contributed by atoms with Crippen molar-refractivity contribution < 1.29 is 10.2 Å². The molecule has 0 unspecified atom stereocenters. The zero-order valence-corrected chi connectivity index (χ0v) is 14.8. The van der Waals surface area contributed by atoms with Crippen LogP contribution in [0.1, 0.15) is 96.8 Å². The van der Waals surface area contributed by atoms with Crippen molar-refractivity contribution in [3.05, 3.63) is 21.9 Å². The topological polar surface area (TPSA) is 89.2 Å². The summed E-state index contributed by atoms with van der Waals surface area (Å²) in [6.07, 6.45) is 17.1. The molecule has 5 heteroatoms. The number of aliphatic hydroxyl groups is 2. The van der Waals surface area contributed by atoms with E-state index in [0.717, 1.165) is 12.8 Å². The normalized spacial score (nSPS) is 11.9. The lowest BCUT2D eigenvalue weighted by molar-refractivity contribution is 0.305. The molecule has 0 saturated heterocycles. The van der Waals surface area contributed by atoms with E-state index in [0.29, 0.717) is 6.42 Å². The van der Waals surface area contributed by atoms with E-state index in [4.69, 9.17) is 10.6 Å². The van der Waals surface area contributed by atoms with Crippen LogP contribution < -0.4 is 0 Å². The van der Waals surface area contributed by atoms with Crippen LogP contribution in [0.25, 0.3) is 10.4 Å². The molecule has 0 aromatic heterocycles. The predicted molar refractivity (Wildman–Crippen MR) is 96.2 cm³/mol. The summed E-state index contributed by atoms with van der Waals surface area (Å²) >= 11 is 0. The lowest BCUT2D eigenvalue weighted by Crippen LogP contribution is -1.94. The van der Waals surface area contributed by atoms with E-state index in [1.54, 1.807) is 0 Å². The van der Waals surface area contributed by atoms with Gasteiger partial charge in [0.1, 0.15) is 5.76 Å². The summed E-state index contributed by atoms with van der Waals surface area (Å²) in [5.41, 5.74) is 8.35. The Morgan fingerprint density at radius 2 is 1.26 bits per heavy atom. The van der Waals surface area contributed by atoms with Gasteiger partial charge in [0.25, 0.3) is 0 Å². The largest absolute Gasteiger partial charge is 0.512 e. The minimum Gasteiger partial charge on any atom is -0.512 e. The zero-order chi connectivity index (χ0) is 17.2. The van der Waals surface area contributed by atoms with Gasteiger partial charge in [0.2, 0.25) is 0 Å². The van der Waals surface area contributed by atoms with Crippen LogP contribution in [0.5, 0.6) is 0 Å². The van der Waals surface area contributed by atoms with Crippen molar-refractivity contribution in [1.82, 2.24) is 0 Å². The molecular formula is C18H35N3O2. The van der Waals surface area contributed by atoms with Crippen LogP contribution in [0.4, 0.5) is 0 Å². The molecule has 0 spiro atoms. The van der Waals surface area contributed by atoms with Crippen molar-refractivity contribution in [1.29, 1.82) is 0 Å². The maximum atomic E-state index is 9.67. The van der Waals surface area contributed by atoms with Crippen molar-refractivity contribution >= 4 is 0 Å². The minimum atomic E-state index is -0.408. The van der Waals surface area contributed by atoms with Crippen molar-refractivity contribution in [2.75, 3.05) is 6.61 Å². The van der Waals surface area contributed by atoms with Gasteiger partial charge in [-0.05, 0) is 12.0 Å². The molecule has 0 radical (unpaired) electrons. The molecule has 0 saturated carbocycles. The number of nitrogens with zero attached hydrogens (tertiary/aromatic N) is 3. The fourth-order valence-electron chi connectivity index (χ4n) is 2.69. The highest BCUT2D eigenvalue weighted by Gasteiger charge is 2.02. The van der Waals surface area contributed by atoms with Gasteiger partial charge in [0.15, 0.2) is 0 Å². The summed E-state index contributed by atoms with van der Waals surface area (Å²) in [6, 6.07) is 0. The molecule has 0 aromatic rings. The van der Waals surface area contributed by atoms with E-state index in [9.17, 15) is 5.11 Å². The molecule has 0 aliphatic rings. The third-order valence-electron chi connectivity index (χ3n) is 4.17. The monoisotopic (exact) mass is 325 g/mol. The fraction of sp³-hybridized carbons (Fsp3) is 0.889. The molecule has 0 aliphatic carbocycles. The second kappa shape index (κ2) is 17.2. The Balaban J connectivity index is 3.38. The van der Waals surface area contributed by atoms with E-state index in [1.165, 1.54) is 70.6 Å². The van der Waals surface area contributed by atoms with Crippen LogP contribution in [0.15, 0.2) is 16.6 Å². The molecular weight excluding hydrogens is 290 g/mol. The summed E-state index contributed by atoms with van der Waals surface area (Å²) in [4.78, 5) is 2.59. The molecule has 0 bridgehead atoms. The lowest BCUT2D eigenvalue weighted by Gasteiger charge is -2.04. The second-order valence-corrected chi connectivity index (χ2v) is 6.23. The first kappa shape index (κ1) is 21.8. The fourth-order valence-corrected chi connectivity index (χ4v) is 2.69. The first-order valence-electron chi connectivity index (χ1n) is 9.33. The Morgan fingerprint density at radius 3 is 1.65 bits per heavy atom. The van der Waals surface area contributed by atoms with E-state index in [1.807, 2.05) is 0 Å². The number of hydrogen-bond acceptors (Lipinski definition) is 3. The lowest BCUT2D eigenvalue weighted by atomic mass is 10.0. The molecule has 0 fully saturated rings. The van der Waals surface area contributed by atoms with Crippen molar-refractivity contribution in [3.63, 3.8) is 0 Å². The van der Waals surface area contributed by atoms with Crippen LogP contribution in [0, 0.1) is 0 Å². The summed E-state index contributed by atoms with van der Waals surface area (Å²) in [6.45, 7) is 1.85. The zero-order valence-electron chi connectivity index (χ0n) is 14.8. The maximum Gasteiger partial charge on any atom is 0.100 e. The number of rotatable bonds is 16. The molecule has 0 aliphatic heterocycles. The summed E-state index contributed by atoms with van der Waals surface area (Å²) in [5, 5.41) is 21.9. The Bertz CT molecular complexity index is 350. The van der Waals surface area contributed by atoms with Crippen LogP contribution in [0.2, 0.25) is 0 Å². The van der Waals surface area contributed by atoms with E-state index < -0.39 is 6.61 Å². The summed E-state index contributed by atoms with van der Waals surface area (Å²) in [7, 11) is 0. The van der Waals surface area contributed by atoms with Gasteiger partial charge >= 0.3 is 0 Å². The minimum absolute atomic E-state index is 0.0216. The van der Waals surface area contributed by atoms with Crippen LogP contribution in [-0.2, 0) is 0 Å². The number of allylic oxidation sites excluding steroid dienone is 1. The molecule has 5 nitrogen and oxygen atoms in total. The van der Waals surface area contributed by atoms with Gasteiger partial charge in [0.05, 0.1) is 12.3 Å². The molecule has 134 valence electrons. The van der Waals surface area contributed by atoms with Gasteiger partial charge in [-0.15, -0.1) is 0 Å². The first-order chi connectivity index (χ1) is 11.3. The predicted octanol–water partition coefficient (Wildman–Crippen LogP) is 6.54. The van der Waals surface area contributed by atoms with Crippen LogP contribution in [-0.4, -0.2) is 16.8 Å². The first-order valence-corrected chi connectivity index (χ1v) is 9.33. The number of hydrogen-bond donors (Lipinski definition) is 2.